The molecule has 0 saturated carbocycles. The Balaban J connectivity index is 1.58. The maximum absolute atomic E-state index is 12.7. The van der Waals surface area contributed by atoms with Crippen LogP contribution >= 0.6 is 23.4 Å². The van der Waals surface area contributed by atoms with Crippen molar-refractivity contribution >= 4 is 29.3 Å². The third kappa shape index (κ3) is 5.56. The number of rotatable bonds is 8. The van der Waals surface area contributed by atoms with E-state index in [0.29, 0.717) is 22.2 Å². The van der Waals surface area contributed by atoms with Crippen LogP contribution < -0.4 is 10.1 Å². The molecule has 1 N–H and O–H groups in total. The summed E-state index contributed by atoms with van der Waals surface area (Å²) < 4.78 is 7.09. The first-order valence-electron chi connectivity index (χ1n) is 10.4. The van der Waals surface area contributed by atoms with Crippen molar-refractivity contribution in [3.8, 4) is 11.4 Å². The first-order chi connectivity index (χ1) is 16.0. The summed E-state index contributed by atoms with van der Waals surface area (Å²) >= 11 is 7.86. The topological polar surface area (TPSA) is 69.0 Å². The van der Waals surface area contributed by atoms with Gasteiger partial charge in [0.15, 0.2) is 11.0 Å². The molecule has 1 atom stereocenters. The largest absolute Gasteiger partial charge is 0.497 e. The number of methoxy groups -OCH3 is 1. The van der Waals surface area contributed by atoms with Gasteiger partial charge < -0.3 is 10.1 Å². The second kappa shape index (κ2) is 10.6. The summed E-state index contributed by atoms with van der Waals surface area (Å²) in [5.41, 5.74) is 2.57. The molecule has 4 aromatic rings. The van der Waals surface area contributed by atoms with Crippen LogP contribution in [0.1, 0.15) is 33.9 Å². The molecule has 33 heavy (non-hydrogen) atoms. The van der Waals surface area contributed by atoms with Gasteiger partial charge in [-0.1, -0.05) is 59.8 Å². The zero-order chi connectivity index (χ0) is 23.2. The van der Waals surface area contributed by atoms with Gasteiger partial charge in [0, 0.05) is 15.8 Å². The van der Waals surface area contributed by atoms with Crippen molar-refractivity contribution in [3.05, 3.63) is 101 Å². The van der Waals surface area contributed by atoms with Gasteiger partial charge in [-0.3, -0.25) is 9.36 Å². The minimum absolute atomic E-state index is 0.162. The van der Waals surface area contributed by atoms with Crippen LogP contribution in [0, 0.1) is 0 Å². The number of nitrogens with one attached hydrogen (secondary N) is 1. The van der Waals surface area contributed by atoms with E-state index in [-0.39, 0.29) is 17.7 Å². The van der Waals surface area contributed by atoms with E-state index in [4.69, 9.17) is 16.3 Å². The molecule has 1 unspecified atom stereocenters. The van der Waals surface area contributed by atoms with Gasteiger partial charge in [-0.2, -0.15) is 0 Å². The average Bonchev–Trinajstić information content (AvgIpc) is 3.25. The highest BCUT2D eigenvalue weighted by molar-refractivity contribution is 7.99. The number of carbonyl (C=O) groups excluding carboxylic acids is 1. The zero-order valence-electron chi connectivity index (χ0n) is 18.2. The van der Waals surface area contributed by atoms with Gasteiger partial charge in [0.05, 0.1) is 19.3 Å². The number of halogens is 1. The van der Waals surface area contributed by atoms with E-state index in [2.05, 4.69) is 34.6 Å². The lowest BCUT2D eigenvalue weighted by Gasteiger charge is -2.14. The normalized spacial score (nSPS) is 11.7. The molecule has 0 aliphatic carbocycles. The Bertz CT molecular complexity index is 1230. The van der Waals surface area contributed by atoms with Gasteiger partial charge in [-0.15, -0.1) is 10.2 Å². The van der Waals surface area contributed by atoms with Gasteiger partial charge >= 0.3 is 0 Å². The molecule has 4 rings (SSSR count). The molecule has 8 heteroatoms. The minimum Gasteiger partial charge on any atom is -0.497 e. The summed E-state index contributed by atoms with van der Waals surface area (Å²) in [7, 11) is 1.59. The van der Waals surface area contributed by atoms with Crippen LogP contribution in [0.3, 0.4) is 0 Å². The number of thioether (sulfide) groups is 1. The Morgan fingerprint density at radius 2 is 1.82 bits per heavy atom. The van der Waals surface area contributed by atoms with Gasteiger partial charge in [-0.25, -0.2) is 0 Å². The number of hydrogen-bond donors (Lipinski definition) is 1. The fourth-order valence-electron chi connectivity index (χ4n) is 3.32. The van der Waals surface area contributed by atoms with E-state index < -0.39 is 0 Å². The van der Waals surface area contributed by atoms with Crippen LogP contribution in [-0.4, -0.2) is 27.8 Å². The molecule has 1 heterocycles. The summed E-state index contributed by atoms with van der Waals surface area (Å²) in [6, 6.07) is 24.7. The lowest BCUT2D eigenvalue weighted by atomic mass is 10.2. The van der Waals surface area contributed by atoms with E-state index >= 15 is 0 Å². The van der Waals surface area contributed by atoms with Crippen LogP contribution in [0.2, 0.25) is 5.02 Å². The van der Waals surface area contributed by atoms with Crippen molar-refractivity contribution in [1.29, 1.82) is 0 Å². The third-order valence-electron chi connectivity index (χ3n) is 5.08. The van der Waals surface area contributed by atoms with Crippen molar-refractivity contribution in [2.75, 3.05) is 7.11 Å². The van der Waals surface area contributed by atoms with Crippen LogP contribution in [0.5, 0.6) is 5.75 Å². The number of amides is 1. The quantitative estimate of drug-likeness (QED) is 0.328. The smallest absolute Gasteiger partial charge is 0.251 e. The number of aromatic nitrogens is 3. The zero-order valence-corrected chi connectivity index (χ0v) is 19.8. The summed E-state index contributed by atoms with van der Waals surface area (Å²) in [6.07, 6.45) is 0. The number of hydrogen-bond acceptors (Lipinski definition) is 5. The lowest BCUT2D eigenvalue weighted by molar-refractivity contribution is 0.0949. The molecule has 168 valence electrons. The molecule has 1 amide bonds. The van der Waals surface area contributed by atoms with Crippen molar-refractivity contribution in [2.45, 2.75) is 23.9 Å². The van der Waals surface area contributed by atoms with E-state index in [1.54, 1.807) is 43.1 Å². The van der Waals surface area contributed by atoms with Crippen molar-refractivity contribution < 1.29 is 9.53 Å². The lowest BCUT2D eigenvalue weighted by Crippen LogP contribution is -2.24. The molecule has 1 aromatic heterocycles. The summed E-state index contributed by atoms with van der Waals surface area (Å²) in [5, 5.41) is 13.2. The second-order valence-electron chi connectivity index (χ2n) is 7.30. The predicted octanol–water partition coefficient (Wildman–Crippen LogP) is 5.71. The van der Waals surface area contributed by atoms with E-state index in [9.17, 15) is 4.79 Å². The average molecular weight is 479 g/mol. The van der Waals surface area contributed by atoms with E-state index in [1.165, 1.54) is 5.56 Å². The molecule has 0 fully saturated rings. The van der Waals surface area contributed by atoms with E-state index in [0.717, 1.165) is 10.8 Å². The molecule has 0 bridgehead atoms. The molecule has 0 spiro atoms. The first-order valence-corrected chi connectivity index (χ1v) is 11.6. The van der Waals surface area contributed by atoms with Crippen LogP contribution in [0.4, 0.5) is 0 Å². The monoisotopic (exact) mass is 478 g/mol. The minimum atomic E-state index is -0.204. The Morgan fingerprint density at radius 3 is 2.52 bits per heavy atom. The standard InChI is InChI=1S/C25H23ClN4O2S/c1-17(18-7-4-3-5-8-18)33-25-29-28-23(30(25)21-10-6-9-20(26)15-21)16-27-24(31)19-11-13-22(32-2)14-12-19/h3-15,17H,16H2,1-2H3,(H,27,31). The van der Waals surface area contributed by atoms with Crippen LogP contribution in [0.25, 0.3) is 5.69 Å². The Morgan fingerprint density at radius 1 is 1.06 bits per heavy atom. The van der Waals surface area contributed by atoms with Crippen LogP contribution in [-0.2, 0) is 6.54 Å². The maximum atomic E-state index is 12.7. The number of ether oxygens (including phenoxy) is 1. The Kier molecular flexibility index (Phi) is 7.32. The third-order valence-corrected chi connectivity index (χ3v) is 6.41. The van der Waals surface area contributed by atoms with Gasteiger partial charge in [0.1, 0.15) is 5.75 Å². The van der Waals surface area contributed by atoms with Gasteiger partial charge in [0.25, 0.3) is 5.91 Å². The number of benzene rings is 3. The van der Waals surface area contributed by atoms with Crippen molar-refractivity contribution in [1.82, 2.24) is 20.1 Å². The van der Waals surface area contributed by atoms with E-state index in [1.807, 2.05) is 47.0 Å². The first kappa shape index (κ1) is 22.9. The maximum Gasteiger partial charge on any atom is 0.251 e. The van der Waals surface area contributed by atoms with Crippen molar-refractivity contribution in [3.63, 3.8) is 0 Å². The fraction of sp³-hybridized carbons (Fsp3) is 0.160. The fourth-order valence-corrected chi connectivity index (χ4v) is 4.52. The summed E-state index contributed by atoms with van der Waals surface area (Å²) in [4.78, 5) is 12.7. The molecule has 6 nitrogen and oxygen atoms in total. The van der Waals surface area contributed by atoms with Crippen molar-refractivity contribution in [2.24, 2.45) is 0 Å². The van der Waals surface area contributed by atoms with Crippen LogP contribution in [0.15, 0.2) is 84.0 Å². The molecule has 0 aliphatic heterocycles. The summed E-state index contributed by atoms with van der Waals surface area (Å²) in [6.45, 7) is 2.34. The molecule has 0 aliphatic rings. The molecule has 0 saturated heterocycles. The van der Waals surface area contributed by atoms with Gasteiger partial charge in [0.2, 0.25) is 0 Å². The summed E-state index contributed by atoms with van der Waals surface area (Å²) in [5.74, 6) is 1.11. The number of nitrogens with zero attached hydrogens (tertiary/aromatic N) is 3. The predicted molar refractivity (Wildman–Crippen MR) is 131 cm³/mol. The number of carbonyl (C=O) groups is 1. The highest BCUT2D eigenvalue weighted by Crippen LogP contribution is 2.35. The van der Waals surface area contributed by atoms with Gasteiger partial charge in [-0.05, 0) is 55.0 Å². The molecule has 3 aromatic carbocycles. The highest BCUT2D eigenvalue weighted by atomic mass is 35.5. The SMILES string of the molecule is COc1ccc(C(=O)NCc2nnc(SC(C)c3ccccc3)n2-c2cccc(Cl)c2)cc1. The Labute approximate surface area is 202 Å². The highest BCUT2D eigenvalue weighted by Gasteiger charge is 2.19. The molecule has 0 radical (unpaired) electrons. The second-order valence-corrected chi connectivity index (χ2v) is 9.04. The molecular formula is C25H23ClN4O2S. The molecular weight excluding hydrogens is 456 g/mol. The Hall–Kier alpha value is -3.29.